The average Bonchev–Trinajstić information content (AvgIpc) is 2.71. The van der Waals surface area contributed by atoms with E-state index in [1.807, 2.05) is 0 Å². The molecule has 6 heteroatoms. The number of imide groups is 1. The molecule has 3 rings (SSSR count). The summed E-state index contributed by atoms with van der Waals surface area (Å²) >= 11 is 0. The molecular weight excluding hydrogens is 282 g/mol. The molecule has 1 aliphatic rings. The van der Waals surface area contributed by atoms with E-state index in [-0.39, 0.29) is 11.8 Å². The van der Waals surface area contributed by atoms with E-state index in [1.54, 1.807) is 36.4 Å². The Morgan fingerprint density at radius 2 is 1.64 bits per heavy atom. The Labute approximate surface area is 126 Å². The second-order valence-corrected chi connectivity index (χ2v) is 4.98. The van der Waals surface area contributed by atoms with Crippen molar-refractivity contribution in [3.63, 3.8) is 0 Å². The maximum Gasteiger partial charge on any atom is 0.266 e. The van der Waals surface area contributed by atoms with Crippen molar-refractivity contribution in [1.82, 2.24) is 0 Å². The molecule has 1 aliphatic heterocycles. The summed E-state index contributed by atoms with van der Waals surface area (Å²) in [6, 6.07) is 11.1. The van der Waals surface area contributed by atoms with Gasteiger partial charge in [-0.05, 0) is 42.5 Å². The van der Waals surface area contributed by atoms with Crippen LogP contribution in [0.25, 0.3) is 0 Å². The van der Waals surface area contributed by atoms with Crippen LogP contribution in [0.4, 0.5) is 17.1 Å². The lowest BCUT2D eigenvalue weighted by Gasteiger charge is -2.14. The fourth-order valence-corrected chi connectivity index (χ4v) is 2.39. The Kier molecular flexibility index (Phi) is 3.14. The van der Waals surface area contributed by atoms with E-state index in [0.717, 1.165) is 4.90 Å². The number of nitrogens with two attached hydrogens (primary N) is 1. The molecule has 3 amide bonds. The highest BCUT2D eigenvalue weighted by Gasteiger charge is 2.36. The van der Waals surface area contributed by atoms with Crippen molar-refractivity contribution in [2.75, 3.05) is 16.0 Å². The second-order valence-electron chi connectivity index (χ2n) is 4.98. The summed E-state index contributed by atoms with van der Waals surface area (Å²) in [5.74, 6) is -0.976. The molecule has 0 saturated carbocycles. The van der Waals surface area contributed by atoms with E-state index in [9.17, 15) is 14.4 Å². The van der Waals surface area contributed by atoms with Crippen molar-refractivity contribution in [2.45, 2.75) is 6.92 Å². The third-order valence-corrected chi connectivity index (χ3v) is 3.36. The van der Waals surface area contributed by atoms with Crippen LogP contribution in [0.5, 0.6) is 0 Å². The molecule has 0 aliphatic carbocycles. The predicted molar refractivity (Wildman–Crippen MR) is 82.7 cm³/mol. The lowest BCUT2D eigenvalue weighted by atomic mass is 10.1. The number of fused-ring (bicyclic) bond motifs is 1. The molecule has 0 saturated heterocycles. The highest BCUT2D eigenvalue weighted by atomic mass is 16.2. The van der Waals surface area contributed by atoms with Gasteiger partial charge in [-0.2, -0.15) is 0 Å². The molecule has 0 atom stereocenters. The lowest BCUT2D eigenvalue weighted by molar-refractivity contribution is -0.114. The summed E-state index contributed by atoms with van der Waals surface area (Å²) in [6.45, 7) is 1.41. The van der Waals surface area contributed by atoms with Crippen LogP contribution < -0.4 is 16.0 Å². The van der Waals surface area contributed by atoms with E-state index >= 15 is 0 Å². The van der Waals surface area contributed by atoms with Crippen LogP contribution >= 0.6 is 0 Å². The minimum atomic E-state index is -0.403. The maximum absolute atomic E-state index is 12.4. The van der Waals surface area contributed by atoms with Crippen LogP contribution in [0.1, 0.15) is 27.6 Å². The van der Waals surface area contributed by atoms with Crippen molar-refractivity contribution < 1.29 is 14.4 Å². The SMILES string of the molecule is CC(=O)Nc1ccc(N2C(=O)c3ccc(N)cc3C2=O)cc1. The first-order chi connectivity index (χ1) is 10.5. The Morgan fingerprint density at radius 3 is 2.27 bits per heavy atom. The van der Waals surface area contributed by atoms with Crippen molar-refractivity contribution in [1.29, 1.82) is 0 Å². The zero-order chi connectivity index (χ0) is 15.9. The largest absolute Gasteiger partial charge is 0.399 e. The third kappa shape index (κ3) is 2.20. The fourth-order valence-electron chi connectivity index (χ4n) is 2.39. The number of hydrogen-bond acceptors (Lipinski definition) is 4. The number of rotatable bonds is 2. The zero-order valence-corrected chi connectivity index (χ0v) is 11.8. The summed E-state index contributed by atoms with van der Waals surface area (Å²) in [5, 5.41) is 2.63. The van der Waals surface area contributed by atoms with Crippen LogP contribution in [0.15, 0.2) is 42.5 Å². The van der Waals surface area contributed by atoms with Gasteiger partial charge in [0.15, 0.2) is 0 Å². The van der Waals surface area contributed by atoms with Crippen LogP contribution in [0.2, 0.25) is 0 Å². The van der Waals surface area contributed by atoms with E-state index in [4.69, 9.17) is 5.73 Å². The van der Waals surface area contributed by atoms with Crippen molar-refractivity contribution in [3.05, 3.63) is 53.6 Å². The fraction of sp³-hybridized carbons (Fsp3) is 0.0625. The van der Waals surface area contributed by atoms with Crippen LogP contribution in [-0.2, 0) is 4.79 Å². The van der Waals surface area contributed by atoms with Crippen LogP contribution in [0, 0.1) is 0 Å². The Hall–Kier alpha value is -3.15. The molecule has 110 valence electrons. The lowest BCUT2D eigenvalue weighted by Crippen LogP contribution is -2.29. The van der Waals surface area contributed by atoms with E-state index in [2.05, 4.69) is 5.32 Å². The Morgan fingerprint density at radius 1 is 1.00 bits per heavy atom. The van der Waals surface area contributed by atoms with Crippen LogP contribution in [0.3, 0.4) is 0 Å². The molecule has 6 nitrogen and oxygen atoms in total. The summed E-state index contributed by atoms with van der Waals surface area (Å²) in [4.78, 5) is 36.9. The van der Waals surface area contributed by atoms with E-state index < -0.39 is 5.91 Å². The first-order valence-electron chi connectivity index (χ1n) is 6.63. The minimum Gasteiger partial charge on any atom is -0.399 e. The number of benzene rings is 2. The Balaban J connectivity index is 1.95. The monoisotopic (exact) mass is 295 g/mol. The van der Waals surface area contributed by atoms with Gasteiger partial charge in [-0.15, -0.1) is 0 Å². The maximum atomic E-state index is 12.4. The number of carbonyl (C=O) groups is 3. The number of anilines is 3. The molecule has 2 aromatic carbocycles. The molecule has 0 aromatic heterocycles. The van der Waals surface area contributed by atoms with Gasteiger partial charge in [-0.25, -0.2) is 4.90 Å². The Bertz CT molecular complexity index is 797. The average molecular weight is 295 g/mol. The number of nitrogens with one attached hydrogen (secondary N) is 1. The molecule has 0 bridgehead atoms. The first kappa shape index (κ1) is 13.8. The van der Waals surface area contributed by atoms with Gasteiger partial charge in [-0.1, -0.05) is 0 Å². The first-order valence-corrected chi connectivity index (χ1v) is 6.63. The van der Waals surface area contributed by atoms with Gasteiger partial charge in [0.05, 0.1) is 16.8 Å². The topological polar surface area (TPSA) is 92.5 Å². The molecule has 1 heterocycles. The van der Waals surface area contributed by atoms with E-state index in [0.29, 0.717) is 28.2 Å². The smallest absolute Gasteiger partial charge is 0.266 e. The van der Waals surface area contributed by atoms with Gasteiger partial charge in [0.25, 0.3) is 11.8 Å². The van der Waals surface area contributed by atoms with Gasteiger partial charge in [0.1, 0.15) is 0 Å². The number of amides is 3. The van der Waals surface area contributed by atoms with Gasteiger partial charge < -0.3 is 11.1 Å². The summed E-state index contributed by atoms with van der Waals surface area (Å²) in [7, 11) is 0. The normalized spacial score (nSPS) is 13.2. The molecule has 22 heavy (non-hydrogen) atoms. The molecule has 0 fully saturated rings. The van der Waals surface area contributed by atoms with Gasteiger partial charge in [0.2, 0.25) is 5.91 Å². The highest BCUT2D eigenvalue weighted by Crippen LogP contribution is 2.30. The highest BCUT2D eigenvalue weighted by molar-refractivity contribution is 6.34. The van der Waals surface area contributed by atoms with Gasteiger partial charge in [-0.3, -0.25) is 14.4 Å². The number of hydrogen-bond donors (Lipinski definition) is 2. The zero-order valence-electron chi connectivity index (χ0n) is 11.8. The number of nitrogen functional groups attached to an aromatic ring is 1. The molecule has 3 N–H and O–H groups in total. The summed E-state index contributed by atoms with van der Waals surface area (Å²) in [5.41, 5.74) is 7.78. The summed E-state index contributed by atoms with van der Waals surface area (Å²) in [6.07, 6.45) is 0. The molecule has 2 aromatic rings. The van der Waals surface area contributed by atoms with Crippen LogP contribution in [-0.4, -0.2) is 17.7 Å². The van der Waals surface area contributed by atoms with Crippen molar-refractivity contribution in [2.24, 2.45) is 0 Å². The standard InChI is InChI=1S/C16H13N3O3/c1-9(20)18-11-3-5-12(6-4-11)19-15(21)13-7-2-10(17)8-14(13)16(19)22/h2-8H,17H2,1H3,(H,18,20). The quantitative estimate of drug-likeness (QED) is 0.655. The van der Waals surface area contributed by atoms with Gasteiger partial charge >= 0.3 is 0 Å². The van der Waals surface area contributed by atoms with Crippen molar-refractivity contribution >= 4 is 34.8 Å². The molecule has 0 radical (unpaired) electrons. The van der Waals surface area contributed by atoms with Gasteiger partial charge in [0, 0.05) is 18.3 Å². The number of nitrogens with zero attached hydrogens (tertiary/aromatic N) is 1. The second kappa shape index (κ2) is 5.00. The molecule has 0 spiro atoms. The molecule has 0 unspecified atom stereocenters. The van der Waals surface area contributed by atoms with Crippen molar-refractivity contribution in [3.8, 4) is 0 Å². The number of carbonyl (C=O) groups excluding carboxylic acids is 3. The summed E-state index contributed by atoms with van der Waals surface area (Å²) < 4.78 is 0. The predicted octanol–water partition coefficient (Wildman–Crippen LogP) is 2.03. The molecular formula is C16H13N3O3. The van der Waals surface area contributed by atoms with E-state index in [1.165, 1.54) is 13.0 Å². The third-order valence-electron chi connectivity index (χ3n) is 3.36. The minimum absolute atomic E-state index is 0.191.